The van der Waals surface area contributed by atoms with Gasteiger partial charge in [-0.3, -0.25) is 0 Å². The lowest BCUT2D eigenvalue weighted by Gasteiger charge is -2.26. The number of rotatable bonds is 5. The second-order valence-corrected chi connectivity index (χ2v) is 6.17. The van der Waals surface area contributed by atoms with Gasteiger partial charge in [-0.2, -0.15) is 0 Å². The van der Waals surface area contributed by atoms with E-state index in [9.17, 15) is 5.11 Å². The third-order valence-electron chi connectivity index (χ3n) is 4.50. The van der Waals surface area contributed by atoms with E-state index in [1.165, 1.54) is 32.1 Å². The predicted molar refractivity (Wildman–Crippen MR) is 80.3 cm³/mol. The Labute approximate surface area is 117 Å². The molecule has 2 rings (SSSR count). The maximum absolute atomic E-state index is 9.93. The van der Waals surface area contributed by atoms with E-state index in [2.05, 4.69) is 12.2 Å². The molecule has 1 aromatic rings. The van der Waals surface area contributed by atoms with E-state index in [0.717, 1.165) is 36.1 Å². The highest BCUT2D eigenvalue weighted by Crippen LogP contribution is 2.30. The summed E-state index contributed by atoms with van der Waals surface area (Å²) in [5.41, 5.74) is 1.97. The molecule has 2 nitrogen and oxygen atoms in total. The van der Waals surface area contributed by atoms with Crippen LogP contribution in [0.2, 0.25) is 0 Å². The van der Waals surface area contributed by atoms with Gasteiger partial charge in [0.1, 0.15) is 5.75 Å². The van der Waals surface area contributed by atoms with Crippen molar-refractivity contribution < 1.29 is 5.11 Å². The summed E-state index contributed by atoms with van der Waals surface area (Å²) in [6, 6.07) is 5.95. The van der Waals surface area contributed by atoms with Crippen molar-refractivity contribution in [2.75, 3.05) is 6.54 Å². The maximum Gasteiger partial charge on any atom is 0.122 e. The first-order valence-electron chi connectivity index (χ1n) is 7.65. The quantitative estimate of drug-likeness (QED) is 0.785. The topological polar surface area (TPSA) is 32.3 Å². The predicted octanol–water partition coefficient (Wildman–Crippen LogP) is 4.01. The summed E-state index contributed by atoms with van der Waals surface area (Å²) < 4.78 is 0. The summed E-state index contributed by atoms with van der Waals surface area (Å²) in [6.45, 7) is 6.15. The molecule has 1 fully saturated rings. The Morgan fingerprint density at radius 2 is 1.95 bits per heavy atom. The average molecular weight is 261 g/mol. The fraction of sp³-hybridized carbons (Fsp3) is 0.647. The van der Waals surface area contributed by atoms with Gasteiger partial charge in [-0.05, 0) is 37.3 Å². The summed E-state index contributed by atoms with van der Waals surface area (Å²) >= 11 is 0. The number of phenolic OH excluding ortho intramolecular Hbond substituents is 1. The Balaban J connectivity index is 1.68. The molecule has 19 heavy (non-hydrogen) atoms. The van der Waals surface area contributed by atoms with Crippen molar-refractivity contribution in [1.29, 1.82) is 0 Å². The second kappa shape index (κ2) is 6.95. The smallest absolute Gasteiger partial charge is 0.122 e. The first-order valence-corrected chi connectivity index (χ1v) is 7.65. The summed E-state index contributed by atoms with van der Waals surface area (Å²) in [5.74, 6) is 2.30. The van der Waals surface area contributed by atoms with Crippen LogP contribution in [0.15, 0.2) is 18.2 Å². The number of para-hydroxylation sites is 1. The third-order valence-corrected chi connectivity index (χ3v) is 4.50. The fourth-order valence-corrected chi connectivity index (χ4v) is 3.01. The number of benzene rings is 1. The molecule has 2 N–H and O–H groups in total. The molecule has 1 saturated carbocycles. The minimum atomic E-state index is 0.446. The highest BCUT2D eigenvalue weighted by molar-refractivity contribution is 5.39. The first-order chi connectivity index (χ1) is 9.16. The van der Waals surface area contributed by atoms with Gasteiger partial charge in [0, 0.05) is 12.1 Å². The maximum atomic E-state index is 9.93. The molecule has 0 aliphatic heterocycles. The van der Waals surface area contributed by atoms with Gasteiger partial charge in [0.25, 0.3) is 0 Å². The van der Waals surface area contributed by atoms with Crippen LogP contribution in [0.5, 0.6) is 5.75 Å². The van der Waals surface area contributed by atoms with Crippen LogP contribution < -0.4 is 5.32 Å². The zero-order valence-electron chi connectivity index (χ0n) is 12.3. The molecule has 0 radical (unpaired) electrons. The molecule has 0 amide bonds. The normalized spacial score (nSPS) is 23.5. The zero-order valence-corrected chi connectivity index (χ0v) is 12.3. The van der Waals surface area contributed by atoms with Crippen LogP contribution in [0.4, 0.5) is 0 Å². The van der Waals surface area contributed by atoms with Crippen LogP contribution >= 0.6 is 0 Å². The lowest BCUT2D eigenvalue weighted by atomic mass is 9.81. The molecule has 1 aliphatic rings. The Kier molecular flexibility index (Phi) is 5.26. The van der Waals surface area contributed by atoms with Crippen LogP contribution in [0, 0.1) is 18.8 Å². The molecule has 0 bridgehead atoms. The molecule has 0 saturated heterocycles. The number of aromatic hydroxyl groups is 1. The van der Waals surface area contributed by atoms with E-state index in [1.54, 1.807) is 0 Å². The van der Waals surface area contributed by atoms with E-state index in [4.69, 9.17) is 0 Å². The monoisotopic (exact) mass is 261 g/mol. The molecular weight excluding hydrogens is 234 g/mol. The number of nitrogens with one attached hydrogen (secondary N) is 1. The minimum Gasteiger partial charge on any atom is -0.507 e. The van der Waals surface area contributed by atoms with E-state index in [1.807, 2.05) is 25.1 Å². The Morgan fingerprint density at radius 1 is 1.21 bits per heavy atom. The fourth-order valence-electron chi connectivity index (χ4n) is 3.01. The van der Waals surface area contributed by atoms with E-state index in [-0.39, 0.29) is 0 Å². The van der Waals surface area contributed by atoms with Crippen LogP contribution in [-0.4, -0.2) is 11.7 Å². The molecule has 0 aromatic heterocycles. The van der Waals surface area contributed by atoms with E-state index < -0.39 is 0 Å². The van der Waals surface area contributed by atoms with Crippen molar-refractivity contribution in [3.05, 3.63) is 29.3 Å². The largest absolute Gasteiger partial charge is 0.507 e. The molecule has 0 atom stereocenters. The lowest BCUT2D eigenvalue weighted by molar-refractivity contribution is 0.275. The first kappa shape index (κ1) is 14.4. The Bertz CT molecular complexity index is 394. The van der Waals surface area contributed by atoms with Crippen molar-refractivity contribution in [2.45, 2.75) is 52.5 Å². The van der Waals surface area contributed by atoms with Crippen LogP contribution in [0.3, 0.4) is 0 Å². The van der Waals surface area contributed by atoms with Gasteiger partial charge in [0.05, 0.1) is 0 Å². The highest BCUT2D eigenvalue weighted by Gasteiger charge is 2.17. The average Bonchev–Trinajstić information content (AvgIpc) is 2.41. The summed E-state index contributed by atoms with van der Waals surface area (Å²) in [4.78, 5) is 0. The zero-order chi connectivity index (χ0) is 13.7. The Hall–Kier alpha value is -1.02. The minimum absolute atomic E-state index is 0.446. The Morgan fingerprint density at radius 3 is 2.68 bits per heavy atom. The van der Waals surface area contributed by atoms with Crippen LogP contribution in [0.1, 0.15) is 50.2 Å². The van der Waals surface area contributed by atoms with Gasteiger partial charge in [-0.25, -0.2) is 0 Å². The molecule has 0 heterocycles. The molecule has 1 aliphatic carbocycles. The molecular formula is C17H27NO. The van der Waals surface area contributed by atoms with Gasteiger partial charge < -0.3 is 10.4 Å². The summed E-state index contributed by atoms with van der Waals surface area (Å²) in [7, 11) is 0. The molecule has 0 unspecified atom stereocenters. The van der Waals surface area contributed by atoms with Gasteiger partial charge in [-0.1, -0.05) is 50.8 Å². The van der Waals surface area contributed by atoms with Gasteiger partial charge in [0.2, 0.25) is 0 Å². The second-order valence-electron chi connectivity index (χ2n) is 6.17. The van der Waals surface area contributed by atoms with Crippen molar-refractivity contribution >= 4 is 0 Å². The molecule has 106 valence electrons. The van der Waals surface area contributed by atoms with E-state index >= 15 is 0 Å². The SMILES string of the molecule is Cc1cccc(CNCCC2CCC(C)CC2)c1O. The third kappa shape index (κ3) is 4.24. The van der Waals surface area contributed by atoms with Gasteiger partial charge in [0.15, 0.2) is 0 Å². The van der Waals surface area contributed by atoms with Crippen LogP contribution in [-0.2, 0) is 6.54 Å². The van der Waals surface area contributed by atoms with Crippen molar-refractivity contribution in [3.63, 3.8) is 0 Å². The molecule has 2 heteroatoms. The van der Waals surface area contributed by atoms with Gasteiger partial charge >= 0.3 is 0 Å². The molecule has 1 aromatic carbocycles. The summed E-state index contributed by atoms with van der Waals surface area (Å²) in [6.07, 6.45) is 6.89. The van der Waals surface area contributed by atoms with Crippen LogP contribution in [0.25, 0.3) is 0 Å². The number of phenols is 1. The standard InChI is InChI=1S/C17H27NO/c1-13-6-8-15(9-7-13)10-11-18-12-16-5-3-4-14(2)17(16)19/h3-5,13,15,18-19H,6-12H2,1-2H3. The number of hydrogen-bond acceptors (Lipinski definition) is 2. The van der Waals surface area contributed by atoms with Crippen molar-refractivity contribution in [3.8, 4) is 5.75 Å². The lowest BCUT2D eigenvalue weighted by Crippen LogP contribution is -2.20. The molecule has 0 spiro atoms. The summed E-state index contributed by atoms with van der Waals surface area (Å²) in [5, 5.41) is 13.4. The highest BCUT2D eigenvalue weighted by atomic mass is 16.3. The number of aryl methyl sites for hydroxylation is 1. The number of hydrogen-bond donors (Lipinski definition) is 2. The van der Waals surface area contributed by atoms with Crippen molar-refractivity contribution in [1.82, 2.24) is 5.32 Å². The van der Waals surface area contributed by atoms with Crippen molar-refractivity contribution in [2.24, 2.45) is 11.8 Å². The van der Waals surface area contributed by atoms with E-state index in [0.29, 0.717) is 5.75 Å². The van der Waals surface area contributed by atoms with Gasteiger partial charge in [-0.15, -0.1) is 0 Å².